The molecule has 0 radical (unpaired) electrons. The second-order valence-electron chi connectivity index (χ2n) is 5.86. The molecule has 0 aromatic carbocycles. The maximum absolute atomic E-state index is 12.6. The van der Waals surface area contributed by atoms with Crippen LogP contribution in [0.5, 0.6) is 0 Å². The first kappa shape index (κ1) is 14.6. The molecule has 0 aromatic heterocycles. The summed E-state index contributed by atoms with van der Waals surface area (Å²) in [5, 5.41) is 0. The van der Waals surface area contributed by atoms with Crippen LogP contribution in [0.4, 0.5) is 13.2 Å². The number of carbonyl (C=O) groups excluding carboxylic acids is 1. The van der Waals surface area contributed by atoms with Gasteiger partial charge in [-0.2, -0.15) is 13.2 Å². The van der Waals surface area contributed by atoms with Crippen molar-refractivity contribution in [3.63, 3.8) is 0 Å². The van der Waals surface area contributed by atoms with Gasteiger partial charge in [0.25, 0.3) is 0 Å². The van der Waals surface area contributed by atoms with Gasteiger partial charge in [0.15, 0.2) is 0 Å². The molecule has 0 aromatic rings. The molecule has 1 atom stereocenters. The molecule has 1 unspecified atom stereocenters. The molecule has 2 rings (SSSR count). The molecular weight excluding hydrogens is 257 g/mol. The second kappa shape index (κ2) is 5.69. The lowest BCUT2D eigenvalue weighted by molar-refractivity contribution is -0.184. The topological polar surface area (TPSA) is 46.3 Å². The Morgan fingerprint density at radius 1 is 1.16 bits per heavy atom. The number of likely N-dealkylation sites (tertiary alicyclic amines) is 1. The van der Waals surface area contributed by atoms with E-state index in [9.17, 15) is 18.0 Å². The number of nitrogens with zero attached hydrogens (tertiary/aromatic N) is 1. The van der Waals surface area contributed by atoms with Crippen LogP contribution >= 0.6 is 0 Å². The van der Waals surface area contributed by atoms with E-state index in [0.29, 0.717) is 38.9 Å². The van der Waals surface area contributed by atoms with E-state index in [-0.39, 0.29) is 30.6 Å². The summed E-state index contributed by atoms with van der Waals surface area (Å²) in [6.45, 7) is 1.79. The fraction of sp³-hybridized carbons (Fsp3) is 0.923. The Bertz CT molecular complexity index is 324. The summed E-state index contributed by atoms with van der Waals surface area (Å²) in [5.74, 6) is -0.596. The molecule has 1 aliphatic carbocycles. The minimum Gasteiger partial charge on any atom is -0.342 e. The average molecular weight is 278 g/mol. The number of halogens is 3. The van der Waals surface area contributed by atoms with Crippen molar-refractivity contribution in [2.24, 2.45) is 23.5 Å². The molecule has 1 heterocycles. The molecule has 110 valence electrons. The van der Waals surface area contributed by atoms with Crippen molar-refractivity contribution in [1.82, 2.24) is 4.90 Å². The van der Waals surface area contributed by atoms with Gasteiger partial charge in [-0.25, -0.2) is 0 Å². The van der Waals surface area contributed by atoms with Gasteiger partial charge in [0.05, 0.1) is 5.92 Å². The van der Waals surface area contributed by atoms with Crippen LogP contribution in [0.25, 0.3) is 0 Å². The van der Waals surface area contributed by atoms with Gasteiger partial charge >= 0.3 is 6.18 Å². The fourth-order valence-electron chi connectivity index (χ4n) is 3.17. The van der Waals surface area contributed by atoms with Crippen molar-refractivity contribution in [2.45, 2.75) is 38.3 Å². The van der Waals surface area contributed by atoms with Crippen LogP contribution in [-0.2, 0) is 4.79 Å². The van der Waals surface area contributed by atoms with Crippen LogP contribution in [0.1, 0.15) is 32.1 Å². The van der Waals surface area contributed by atoms with Crippen LogP contribution < -0.4 is 5.73 Å². The van der Waals surface area contributed by atoms with Gasteiger partial charge in [-0.1, -0.05) is 0 Å². The molecule has 6 heteroatoms. The van der Waals surface area contributed by atoms with Crippen molar-refractivity contribution < 1.29 is 18.0 Å². The van der Waals surface area contributed by atoms with Crippen LogP contribution in [0.15, 0.2) is 0 Å². The van der Waals surface area contributed by atoms with Crippen molar-refractivity contribution in [2.75, 3.05) is 19.6 Å². The first-order chi connectivity index (χ1) is 8.90. The third-order valence-corrected chi connectivity index (χ3v) is 4.42. The Hall–Kier alpha value is -0.780. The molecular formula is C13H21F3N2O. The van der Waals surface area contributed by atoms with Crippen LogP contribution in [-0.4, -0.2) is 36.6 Å². The minimum atomic E-state index is -4.06. The van der Waals surface area contributed by atoms with Gasteiger partial charge in [-0.3, -0.25) is 4.79 Å². The minimum absolute atomic E-state index is 0.105. The Balaban J connectivity index is 1.79. The quantitative estimate of drug-likeness (QED) is 0.860. The highest BCUT2D eigenvalue weighted by Crippen LogP contribution is 2.39. The van der Waals surface area contributed by atoms with Gasteiger partial charge in [-0.05, 0) is 44.1 Å². The fourth-order valence-corrected chi connectivity index (χ4v) is 3.17. The molecule has 19 heavy (non-hydrogen) atoms. The summed E-state index contributed by atoms with van der Waals surface area (Å²) in [6.07, 6.45) is -2.01. The number of hydrogen-bond donors (Lipinski definition) is 1. The summed E-state index contributed by atoms with van der Waals surface area (Å²) in [5.41, 5.74) is 5.55. The Morgan fingerprint density at radius 2 is 1.79 bits per heavy atom. The van der Waals surface area contributed by atoms with Gasteiger partial charge in [-0.15, -0.1) is 0 Å². The maximum atomic E-state index is 12.6. The molecule has 2 N–H and O–H groups in total. The van der Waals surface area contributed by atoms with E-state index in [0.717, 1.165) is 0 Å². The summed E-state index contributed by atoms with van der Waals surface area (Å²) < 4.78 is 37.7. The standard InChI is InChI=1S/C13H21F3N2O/c14-13(15,16)11-3-1-9(2-4-11)7-18-8-10(6-17)5-12(18)19/h9-11H,1-8,17H2. The predicted molar refractivity (Wildman–Crippen MR) is 65.2 cm³/mol. The molecule has 1 aliphatic heterocycles. The predicted octanol–water partition coefficient (Wildman–Crippen LogP) is 2.16. The molecule has 1 amide bonds. The van der Waals surface area contributed by atoms with Crippen molar-refractivity contribution >= 4 is 5.91 Å². The van der Waals surface area contributed by atoms with E-state index in [1.54, 1.807) is 4.90 Å². The smallest absolute Gasteiger partial charge is 0.342 e. The zero-order chi connectivity index (χ0) is 14.0. The Kier molecular flexibility index (Phi) is 4.38. The molecule has 0 spiro atoms. The van der Waals surface area contributed by atoms with Crippen molar-refractivity contribution in [3.05, 3.63) is 0 Å². The van der Waals surface area contributed by atoms with Gasteiger partial charge in [0.2, 0.25) is 5.91 Å². The van der Waals surface area contributed by atoms with Crippen LogP contribution in [0, 0.1) is 17.8 Å². The third-order valence-electron chi connectivity index (χ3n) is 4.42. The first-order valence-electron chi connectivity index (χ1n) is 6.94. The Morgan fingerprint density at radius 3 is 2.26 bits per heavy atom. The van der Waals surface area contributed by atoms with E-state index in [2.05, 4.69) is 0 Å². The van der Waals surface area contributed by atoms with Crippen molar-refractivity contribution in [1.29, 1.82) is 0 Å². The van der Waals surface area contributed by atoms with E-state index in [4.69, 9.17) is 5.73 Å². The van der Waals surface area contributed by atoms with Gasteiger partial charge in [0, 0.05) is 19.5 Å². The monoisotopic (exact) mass is 278 g/mol. The van der Waals surface area contributed by atoms with Gasteiger partial charge in [0.1, 0.15) is 0 Å². The lowest BCUT2D eigenvalue weighted by Gasteiger charge is -2.32. The van der Waals surface area contributed by atoms with Gasteiger partial charge < -0.3 is 10.6 Å². The Labute approximate surface area is 111 Å². The molecule has 2 aliphatic rings. The number of carbonyl (C=O) groups is 1. The number of rotatable bonds is 3. The molecule has 1 saturated carbocycles. The maximum Gasteiger partial charge on any atom is 0.391 e. The normalized spacial score (nSPS) is 32.9. The van der Waals surface area contributed by atoms with E-state index in [1.165, 1.54) is 0 Å². The first-order valence-corrected chi connectivity index (χ1v) is 6.94. The highest BCUT2D eigenvalue weighted by Gasteiger charge is 2.42. The zero-order valence-electron chi connectivity index (χ0n) is 11.0. The zero-order valence-corrected chi connectivity index (χ0v) is 11.0. The van der Waals surface area contributed by atoms with E-state index >= 15 is 0 Å². The lowest BCUT2D eigenvalue weighted by Crippen LogP contribution is -2.35. The molecule has 2 fully saturated rings. The third kappa shape index (κ3) is 3.61. The molecule has 3 nitrogen and oxygen atoms in total. The summed E-state index contributed by atoms with van der Waals surface area (Å²) in [4.78, 5) is 13.5. The lowest BCUT2D eigenvalue weighted by atomic mass is 9.81. The number of hydrogen-bond acceptors (Lipinski definition) is 2. The number of nitrogens with two attached hydrogens (primary N) is 1. The number of amides is 1. The van der Waals surface area contributed by atoms with Crippen LogP contribution in [0.2, 0.25) is 0 Å². The molecule has 1 saturated heterocycles. The van der Waals surface area contributed by atoms with Crippen molar-refractivity contribution in [3.8, 4) is 0 Å². The van der Waals surface area contributed by atoms with Crippen LogP contribution in [0.3, 0.4) is 0 Å². The second-order valence-corrected chi connectivity index (χ2v) is 5.86. The average Bonchev–Trinajstić information content (AvgIpc) is 2.70. The summed E-state index contributed by atoms with van der Waals surface area (Å²) >= 11 is 0. The highest BCUT2D eigenvalue weighted by atomic mass is 19.4. The number of alkyl halides is 3. The largest absolute Gasteiger partial charge is 0.391 e. The highest BCUT2D eigenvalue weighted by molar-refractivity contribution is 5.78. The van der Waals surface area contributed by atoms with E-state index < -0.39 is 12.1 Å². The summed E-state index contributed by atoms with van der Waals surface area (Å²) in [7, 11) is 0. The summed E-state index contributed by atoms with van der Waals surface area (Å²) in [6, 6.07) is 0. The van der Waals surface area contributed by atoms with E-state index in [1.807, 2.05) is 0 Å². The SMILES string of the molecule is NCC1CC(=O)N(CC2CCC(C(F)(F)F)CC2)C1. The molecule has 0 bridgehead atoms.